The van der Waals surface area contributed by atoms with Gasteiger partial charge in [-0.2, -0.15) is 0 Å². The molecule has 2 N–H and O–H groups in total. The molecule has 0 unspecified atom stereocenters. The average molecular weight is 403 g/mol. The second-order valence-corrected chi connectivity index (χ2v) is 8.69. The molecule has 0 bridgehead atoms. The average Bonchev–Trinajstić information content (AvgIpc) is 2.91. The number of amides is 1. The number of benzene rings is 3. The summed E-state index contributed by atoms with van der Waals surface area (Å²) in [5.41, 5.74) is 7.49. The summed E-state index contributed by atoms with van der Waals surface area (Å²) in [5.74, 6) is 0.474. The molecule has 4 rings (SSSR count). The minimum atomic E-state index is -0.822. The monoisotopic (exact) mass is 403 g/mol. The number of carbonyl (C=O) groups excluding carboxylic acids is 1. The van der Waals surface area contributed by atoms with Crippen molar-refractivity contribution in [3.05, 3.63) is 71.8 Å². The van der Waals surface area contributed by atoms with E-state index in [1.165, 1.54) is 0 Å². The molecule has 154 valence electrons. The molecule has 6 heteroatoms. The van der Waals surface area contributed by atoms with Crippen molar-refractivity contribution in [1.29, 1.82) is 0 Å². The van der Waals surface area contributed by atoms with Gasteiger partial charge in [-0.1, -0.05) is 54.6 Å². The van der Waals surface area contributed by atoms with Crippen LogP contribution in [0.1, 0.15) is 38.8 Å². The van der Waals surface area contributed by atoms with Crippen LogP contribution in [0.5, 0.6) is 5.75 Å². The van der Waals surface area contributed by atoms with Gasteiger partial charge < -0.3 is 19.8 Å². The molecule has 1 fully saturated rings. The van der Waals surface area contributed by atoms with Crippen molar-refractivity contribution in [2.24, 2.45) is 5.73 Å². The van der Waals surface area contributed by atoms with E-state index in [1.54, 1.807) is 6.07 Å². The van der Waals surface area contributed by atoms with E-state index < -0.39 is 24.4 Å². The van der Waals surface area contributed by atoms with Crippen LogP contribution < -0.4 is 15.9 Å². The van der Waals surface area contributed by atoms with Gasteiger partial charge in [0.25, 0.3) is 0 Å². The Morgan fingerprint density at radius 3 is 2.27 bits per heavy atom. The van der Waals surface area contributed by atoms with Crippen molar-refractivity contribution >= 4 is 29.4 Å². The summed E-state index contributed by atoms with van der Waals surface area (Å²) in [5, 5.41) is 2.02. The molecule has 3 aromatic rings. The molecule has 1 aliphatic rings. The lowest BCUT2D eigenvalue weighted by Crippen LogP contribution is -2.41. The van der Waals surface area contributed by atoms with Crippen LogP contribution in [0.4, 0.5) is 4.79 Å². The van der Waals surface area contributed by atoms with E-state index in [0.29, 0.717) is 12.2 Å². The van der Waals surface area contributed by atoms with Crippen molar-refractivity contribution in [1.82, 2.24) is 0 Å². The van der Waals surface area contributed by atoms with E-state index >= 15 is 0 Å². The van der Waals surface area contributed by atoms with Crippen LogP contribution in [-0.2, 0) is 15.7 Å². The van der Waals surface area contributed by atoms with Crippen LogP contribution in [-0.4, -0.2) is 24.4 Å². The molecule has 1 saturated heterocycles. The number of fused-ring (bicyclic) bond motifs is 1. The van der Waals surface area contributed by atoms with Crippen molar-refractivity contribution in [2.45, 2.75) is 45.3 Å². The molecule has 3 aromatic carbocycles. The molecule has 1 aliphatic heterocycles. The van der Waals surface area contributed by atoms with Gasteiger partial charge in [0.05, 0.1) is 11.2 Å². The summed E-state index contributed by atoms with van der Waals surface area (Å²) in [6.45, 7) is 8.16. The summed E-state index contributed by atoms with van der Waals surface area (Å²) in [6, 6.07) is 19.9. The summed E-state index contributed by atoms with van der Waals surface area (Å²) in [6.07, 6.45) is -0.200. The highest BCUT2D eigenvalue weighted by molar-refractivity contribution is 6.62. The summed E-state index contributed by atoms with van der Waals surface area (Å²) in [7, 11) is -0.432. The number of rotatable bonds is 4. The first-order valence-corrected chi connectivity index (χ1v) is 10.1. The smallest absolute Gasteiger partial charge is 0.410 e. The van der Waals surface area contributed by atoms with Gasteiger partial charge in [-0.05, 0) is 55.6 Å². The summed E-state index contributed by atoms with van der Waals surface area (Å²) in [4.78, 5) is 11.4. The van der Waals surface area contributed by atoms with Crippen LogP contribution in [0.25, 0.3) is 10.8 Å². The predicted octanol–water partition coefficient (Wildman–Crippen LogP) is 4.19. The first-order chi connectivity index (χ1) is 14.2. The molecule has 0 saturated carbocycles. The number of primary amides is 1. The van der Waals surface area contributed by atoms with Crippen molar-refractivity contribution < 1.29 is 18.8 Å². The van der Waals surface area contributed by atoms with E-state index in [9.17, 15) is 4.79 Å². The fraction of sp³-hybridized carbons (Fsp3) is 0.292. The molecule has 1 amide bonds. The first-order valence-electron chi connectivity index (χ1n) is 10.1. The lowest BCUT2D eigenvalue weighted by Gasteiger charge is -2.32. The Labute approximate surface area is 177 Å². The molecule has 5 nitrogen and oxygen atoms in total. The van der Waals surface area contributed by atoms with E-state index in [0.717, 1.165) is 27.4 Å². The molecule has 30 heavy (non-hydrogen) atoms. The summed E-state index contributed by atoms with van der Waals surface area (Å²) >= 11 is 0. The number of hydrogen-bond donors (Lipinski definition) is 1. The van der Waals surface area contributed by atoms with Gasteiger partial charge in [-0.3, -0.25) is 0 Å². The third-order valence-electron chi connectivity index (χ3n) is 6.07. The summed E-state index contributed by atoms with van der Waals surface area (Å²) < 4.78 is 17.7. The Balaban J connectivity index is 1.76. The second-order valence-electron chi connectivity index (χ2n) is 8.69. The molecule has 0 aromatic heterocycles. The van der Waals surface area contributed by atoms with Crippen molar-refractivity contribution in [2.75, 3.05) is 0 Å². The lowest BCUT2D eigenvalue weighted by molar-refractivity contribution is 0.00578. The van der Waals surface area contributed by atoms with Gasteiger partial charge in [0.2, 0.25) is 0 Å². The maximum absolute atomic E-state index is 11.4. The zero-order valence-electron chi connectivity index (χ0n) is 17.8. The first kappa shape index (κ1) is 20.4. The van der Waals surface area contributed by atoms with E-state index in [4.69, 9.17) is 19.8 Å². The zero-order chi connectivity index (χ0) is 21.5. The second kappa shape index (κ2) is 7.45. The van der Waals surface area contributed by atoms with Gasteiger partial charge in [-0.15, -0.1) is 0 Å². The number of hydrogen-bond acceptors (Lipinski definition) is 4. The van der Waals surface area contributed by atoms with Crippen molar-refractivity contribution in [3.8, 4) is 5.75 Å². The van der Waals surface area contributed by atoms with E-state index in [2.05, 4.69) is 6.07 Å². The third-order valence-corrected chi connectivity index (χ3v) is 6.07. The molecular formula is C24H26BNO4. The molecule has 0 radical (unpaired) electrons. The number of carbonyl (C=O) groups is 1. The SMILES string of the molecule is CC1(C)OB(c2ccc3c(Cc4ccccc4)c(OC(N)=O)ccc3c2)OC1(C)C. The van der Waals surface area contributed by atoms with Crippen molar-refractivity contribution in [3.63, 3.8) is 0 Å². The van der Waals surface area contributed by atoms with E-state index in [1.807, 2.05) is 76.2 Å². The van der Waals surface area contributed by atoms with Crippen LogP contribution in [0.2, 0.25) is 0 Å². The van der Waals surface area contributed by atoms with Gasteiger partial charge in [0.1, 0.15) is 5.75 Å². The minimum Gasteiger partial charge on any atom is -0.410 e. The highest BCUT2D eigenvalue weighted by Gasteiger charge is 2.51. The predicted molar refractivity (Wildman–Crippen MR) is 119 cm³/mol. The largest absolute Gasteiger partial charge is 0.494 e. The fourth-order valence-corrected chi connectivity index (χ4v) is 3.70. The minimum absolute atomic E-state index is 0.399. The Bertz CT molecular complexity index is 1080. The maximum Gasteiger partial charge on any atom is 0.494 e. The van der Waals surface area contributed by atoms with Gasteiger partial charge in [0, 0.05) is 12.0 Å². The Morgan fingerprint density at radius 2 is 1.63 bits per heavy atom. The molecular weight excluding hydrogens is 377 g/mol. The fourth-order valence-electron chi connectivity index (χ4n) is 3.70. The van der Waals surface area contributed by atoms with Gasteiger partial charge >= 0.3 is 13.2 Å². The molecule has 1 heterocycles. The van der Waals surface area contributed by atoms with Crippen LogP contribution in [0, 0.1) is 0 Å². The van der Waals surface area contributed by atoms with Crippen LogP contribution >= 0.6 is 0 Å². The lowest BCUT2D eigenvalue weighted by atomic mass is 9.78. The topological polar surface area (TPSA) is 70.8 Å². The quantitative estimate of drug-likeness (QED) is 0.664. The molecule has 0 aliphatic carbocycles. The maximum atomic E-state index is 11.4. The molecule has 0 spiro atoms. The third kappa shape index (κ3) is 3.81. The molecule has 0 atom stereocenters. The Hall–Kier alpha value is -2.83. The number of ether oxygens (including phenoxy) is 1. The standard InChI is InChI=1S/C24H26BNO4/c1-23(2)24(3,4)30-25(29-23)18-11-12-19-17(15-18)10-13-21(28-22(26)27)20(19)14-16-8-6-5-7-9-16/h5-13,15H,14H2,1-4H3,(H2,26,27). The van der Waals surface area contributed by atoms with Gasteiger partial charge in [0.15, 0.2) is 0 Å². The van der Waals surface area contributed by atoms with Crippen LogP contribution in [0.15, 0.2) is 60.7 Å². The van der Waals surface area contributed by atoms with E-state index in [-0.39, 0.29) is 0 Å². The normalized spacial score (nSPS) is 17.3. The van der Waals surface area contributed by atoms with Crippen LogP contribution in [0.3, 0.4) is 0 Å². The highest BCUT2D eigenvalue weighted by Crippen LogP contribution is 2.37. The zero-order valence-corrected chi connectivity index (χ0v) is 17.8. The highest BCUT2D eigenvalue weighted by atomic mass is 16.7. The van der Waals surface area contributed by atoms with Gasteiger partial charge in [-0.25, -0.2) is 4.79 Å². The Morgan fingerprint density at radius 1 is 0.967 bits per heavy atom. The Kier molecular flexibility index (Phi) is 5.08. The number of nitrogens with two attached hydrogens (primary N) is 1.